The summed E-state index contributed by atoms with van der Waals surface area (Å²) < 4.78 is 10.5. The van der Waals surface area contributed by atoms with Crippen LogP contribution in [-0.4, -0.2) is 19.6 Å². The van der Waals surface area contributed by atoms with E-state index in [1.807, 2.05) is 24.3 Å². The van der Waals surface area contributed by atoms with Crippen molar-refractivity contribution in [1.29, 1.82) is 0 Å². The van der Waals surface area contributed by atoms with Gasteiger partial charge in [0.1, 0.15) is 18.1 Å². The van der Waals surface area contributed by atoms with E-state index in [-0.39, 0.29) is 0 Å². The first-order chi connectivity index (χ1) is 12.8. The monoisotopic (exact) mass is 369 g/mol. The SMILES string of the molecule is CCNC(=NCc1ccco1)NCc1cc(-c2ccc(OC)cc2)cs1. The van der Waals surface area contributed by atoms with Crippen molar-refractivity contribution in [2.24, 2.45) is 4.99 Å². The van der Waals surface area contributed by atoms with Crippen LogP contribution in [0.25, 0.3) is 11.1 Å². The Morgan fingerprint density at radius 1 is 1.15 bits per heavy atom. The molecule has 0 aliphatic carbocycles. The Kier molecular flexibility index (Phi) is 6.33. The van der Waals surface area contributed by atoms with Crippen LogP contribution in [0, 0.1) is 0 Å². The van der Waals surface area contributed by atoms with Crippen LogP contribution in [0.1, 0.15) is 17.6 Å². The fraction of sp³-hybridized carbons (Fsp3) is 0.250. The molecule has 0 amide bonds. The molecule has 0 bridgehead atoms. The van der Waals surface area contributed by atoms with Crippen molar-refractivity contribution in [2.45, 2.75) is 20.0 Å². The minimum atomic E-state index is 0.518. The van der Waals surface area contributed by atoms with Gasteiger partial charge in [0, 0.05) is 11.4 Å². The summed E-state index contributed by atoms with van der Waals surface area (Å²) in [6, 6.07) is 14.1. The Bertz CT molecular complexity index is 823. The topological polar surface area (TPSA) is 58.8 Å². The van der Waals surface area contributed by atoms with E-state index in [9.17, 15) is 0 Å². The molecule has 0 atom stereocenters. The Hall–Kier alpha value is -2.73. The molecule has 0 fully saturated rings. The first-order valence-corrected chi connectivity index (χ1v) is 9.43. The molecular formula is C20H23N3O2S. The summed E-state index contributed by atoms with van der Waals surface area (Å²) in [6.07, 6.45) is 1.66. The lowest BCUT2D eigenvalue weighted by molar-refractivity contribution is 0.415. The molecule has 3 rings (SSSR count). The molecule has 0 aliphatic heterocycles. The van der Waals surface area contributed by atoms with Crippen LogP contribution in [0.15, 0.2) is 63.5 Å². The number of thiophene rings is 1. The Morgan fingerprint density at radius 3 is 2.69 bits per heavy atom. The van der Waals surface area contributed by atoms with Crippen LogP contribution in [-0.2, 0) is 13.1 Å². The van der Waals surface area contributed by atoms with Gasteiger partial charge in [0.25, 0.3) is 0 Å². The number of aliphatic imine (C=N–C) groups is 1. The fourth-order valence-corrected chi connectivity index (χ4v) is 3.31. The average molecular weight is 369 g/mol. The summed E-state index contributed by atoms with van der Waals surface area (Å²) in [5, 5.41) is 8.80. The van der Waals surface area contributed by atoms with E-state index in [0.717, 1.165) is 30.6 Å². The second kappa shape index (κ2) is 9.10. The highest BCUT2D eigenvalue weighted by molar-refractivity contribution is 7.10. The molecule has 5 nitrogen and oxygen atoms in total. The van der Waals surface area contributed by atoms with Gasteiger partial charge >= 0.3 is 0 Å². The molecule has 0 aliphatic rings. The third kappa shape index (κ3) is 4.89. The molecule has 26 heavy (non-hydrogen) atoms. The van der Waals surface area contributed by atoms with E-state index in [1.165, 1.54) is 16.0 Å². The zero-order valence-corrected chi connectivity index (χ0v) is 15.8. The van der Waals surface area contributed by atoms with Crippen LogP contribution < -0.4 is 15.4 Å². The number of hydrogen-bond donors (Lipinski definition) is 2. The first-order valence-electron chi connectivity index (χ1n) is 8.55. The minimum Gasteiger partial charge on any atom is -0.497 e. The van der Waals surface area contributed by atoms with E-state index in [1.54, 1.807) is 24.7 Å². The van der Waals surface area contributed by atoms with Gasteiger partial charge in [0.05, 0.1) is 19.9 Å². The number of guanidine groups is 1. The molecule has 2 N–H and O–H groups in total. The zero-order chi connectivity index (χ0) is 18.2. The van der Waals surface area contributed by atoms with Crippen LogP contribution in [0.2, 0.25) is 0 Å². The summed E-state index contributed by atoms with van der Waals surface area (Å²) in [5.41, 5.74) is 2.40. The van der Waals surface area contributed by atoms with Crippen molar-refractivity contribution in [3.05, 3.63) is 64.7 Å². The number of nitrogens with one attached hydrogen (secondary N) is 2. The smallest absolute Gasteiger partial charge is 0.191 e. The molecular weight excluding hydrogens is 346 g/mol. The zero-order valence-electron chi connectivity index (χ0n) is 15.0. The predicted molar refractivity (Wildman–Crippen MR) is 107 cm³/mol. The standard InChI is InChI=1S/C20H23N3O2S/c1-3-21-20(22-12-18-5-4-10-25-18)23-13-19-11-16(14-26-19)15-6-8-17(24-2)9-7-15/h4-11,14H,3,12-13H2,1-2H3,(H2,21,22,23). The van der Waals surface area contributed by atoms with Crippen molar-refractivity contribution in [3.8, 4) is 16.9 Å². The van der Waals surface area contributed by atoms with Gasteiger partial charge in [-0.3, -0.25) is 0 Å². The van der Waals surface area contributed by atoms with Crippen molar-refractivity contribution < 1.29 is 9.15 Å². The third-order valence-corrected chi connectivity index (χ3v) is 4.76. The highest BCUT2D eigenvalue weighted by atomic mass is 32.1. The van der Waals surface area contributed by atoms with Gasteiger partial charge < -0.3 is 19.8 Å². The summed E-state index contributed by atoms with van der Waals surface area (Å²) in [4.78, 5) is 5.80. The Balaban J connectivity index is 1.60. The summed E-state index contributed by atoms with van der Waals surface area (Å²) in [7, 11) is 1.68. The maximum Gasteiger partial charge on any atom is 0.191 e. The lowest BCUT2D eigenvalue weighted by Crippen LogP contribution is -2.36. The van der Waals surface area contributed by atoms with Crippen molar-refractivity contribution in [2.75, 3.05) is 13.7 Å². The number of rotatable bonds is 7. The molecule has 2 heterocycles. The normalized spacial score (nSPS) is 11.4. The van der Waals surface area contributed by atoms with Gasteiger partial charge in [-0.2, -0.15) is 0 Å². The Labute approximate surface area is 157 Å². The molecule has 1 aromatic carbocycles. The molecule has 0 unspecified atom stereocenters. The second-order valence-electron chi connectivity index (χ2n) is 5.66. The van der Waals surface area contributed by atoms with Crippen LogP contribution in [0.4, 0.5) is 0 Å². The average Bonchev–Trinajstić information content (AvgIpc) is 3.36. The molecule has 0 saturated carbocycles. The van der Waals surface area contributed by atoms with Gasteiger partial charge in [0.2, 0.25) is 0 Å². The Morgan fingerprint density at radius 2 is 2.00 bits per heavy atom. The van der Waals surface area contributed by atoms with Crippen LogP contribution in [0.3, 0.4) is 0 Å². The van der Waals surface area contributed by atoms with E-state index in [4.69, 9.17) is 9.15 Å². The minimum absolute atomic E-state index is 0.518. The summed E-state index contributed by atoms with van der Waals surface area (Å²) in [5.74, 6) is 2.50. The number of methoxy groups -OCH3 is 1. The fourth-order valence-electron chi connectivity index (χ4n) is 2.48. The van der Waals surface area contributed by atoms with E-state index >= 15 is 0 Å². The maximum absolute atomic E-state index is 5.32. The van der Waals surface area contributed by atoms with Crippen molar-refractivity contribution in [3.63, 3.8) is 0 Å². The molecule has 6 heteroatoms. The van der Waals surface area contributed by atoms with Gasteiger partial charge in [-0.15, -0.1) is 11.3 Å². The van der Waals surface area contributed by atoms with Crippen molar-refractivity contribution >= 4 is 17.3 Å². The molecule has 0 spiro atoms. The number of ether oxygens (including phenoxy) is 1. The first kappa shape index (κ1) is 18.1. The van der Waals surface area contributed by atoms with E-state index < -0.39 is 0 Å². The number of benzene rings is 1. The molecule has 0 radical (unpaired) electrons. The van der Waals surface area contributed by atoms with Crippen molar-refractivity contribution in [1.82, 2.24) is 10.6 Å². The molecule has 3 aromatic rings. The lowest BCUT2D eigenvalue weighted by Gasteiger charge is -2.10. The predicted octanol–water partition coefficient (Wildman–Crippen LogP) is 4.27. The molecule has 136 valence electrons. The van der Waals surface area contributed by atoms with E-state index in [0.29, 0.717) is 6.54 Å². The van der Waals surface area contributed by atoms with E-state index in [2.05, 4.69) is 46.1 Å². The van der Waals surface area contributed by atoms with Gasteiger partial charge in [-0.25, -0.2) is 4.99 Å². The van der Waals surface area contributed by atoms with Gasteiger partial charge in [-0.1, -0.05) is 12.1 Å². The number of hydrogen-bond acceptors (Lipinski definition) is 4. The summed E-state index contributed by atoms with van der Waals surface area (Å²) >= 11 is 1.74. The highest BCUT2D eigenvalue weighted by Gasteiger charge is 2.05. The lowest BCUT2D eigenvalue weighted by atomic mass is 10.1. The van der Waals surface area contributed by atoms with Crippen LogP contribution in [0.5, 0.6) is 5.75 Å². The molecule has 2 aromatic heterocycles. The summed E-state index contributed by atoms with van der Waals surface area (Å²) in [6.45, 7) is 4.11. The number of furan rings is 1. The van der Waals surface area contributed by atoms with Gasteiger partial charge in [0.15, 0.2) is 5.96 Å². The maximum atomic E-state index is 5.32. The third-order valence-electron chi connectivity index (χ3n) is 3.82. The largest absolute Gasteiger partial charge is 0.497 e. The quantitative estimate of drug-likeness (QED) is 0.482. The highest BCUT2D eigenvalue weighted by Crippen LogP contribution is 2.27. The number of nitrogens with zero attached hydrogens (tertiary/aromatic N) is 1. The second-order valence-corrected chi connectivity index (χ2v) is 6.65. The van der Waals surface area contributed by atoms with Crippen LogP contribution >= 0.6 is 11.3 Å². The van der Waals surface area contributed by atoms with Gasteiger partial charge in [-0.05, 0) is 53.8 Å². The molecule has 0 saturated heterocycles.